The molecule has 146 valence electrons. The summed E-state index contributed by atoms with van der Waals surface area (Å²) < 4.78 is 5.78. The highest BCUT2D eigenvalue weighted by atomic mass is 32.1. The molecule has 1 amide bonds. The summed E-state index contributed by atoms with van der Waals surface area (Å²) >= 11 is 1.53. The maximum atomic E-state index is 12.2. The molecule has 2 heterocycles. The summed E-state index contributed by atoms with van der Waals surface area (Å²) in [4.78, 5) is 19.1. The van der Waals surface area contributed by atoms with Crippen molar-refractivity contribution in [2.45, 2.75) is 84.0 Å². The zero-order valence-corrected chi connectivity index (χ0v) is 17.0. The molecule has 0 aromatic carbocycles. The number of hydrogen-bond acceptors (Lipinski definition) is 5. The number of morpholine rings is 1. The van der Waals surface area contributed by atoms with Crippen LogP contribution in [0, 0.1) is 5.92 Å². The van der Waals surface area contributed by atoms with Crippen LogP contribution < -0.4 is 5.32 Å². The minimum atomic E-state index is 0.107. The molecule has 0 radical (unpaired) electrons. The minimum absolute atomic E-state index is 0.107. The van der Waals surface area contributed by atoms with Crippen LogP contribution in [-0.4, -0.2) is 41.1 Å². The van der Waals surface area contributed by atoms with E-state index in [9.17, 15) is 4.79 Å². The second kappa shape index (κ2) is 9.81. The Hall–Kier alpha value is -0.980. The summed E-state index contributed by atoms with van der Waals surface area (Å²) in [6.07, 6.45) is 10.2. The number of aromatic nitrogens is 1. The molecular weight excluding hydrogens is 346 g/mol. The van der Waals surface area contributed by atoms with Crippen molar-refractivity contribution in [3.63, 3.8) is 0 Å². The molecular formula is C20H33N3O2S. The van der Waals surface area contributed by atoms with Crippen molar-refractivity contribution in [1.82, 2.24) is 9.88 Å². The molecule has 2 atom stereocenters. The van der Waals surface area contributed by atoms with Gasteiger partial charge >= 0.3 is 0 Å². The molecule has 26 heavy (non-hydrogen) atoms. The molecule has 1 aliphatic carbocycles. The highest BCUT2D eigenvalue weighted by molar-refractivity contribution is 7.13. The summed E-state index contributed by atoms with van der Waals surface area (Å²) in [5.74, 6) is 0.955. The van der Waals surface area contributed by atoms with Gasteiger partial charge in [-0.15, -0.1) is 11.3 Å². The van der Waals surface area contributed by atoms with Crippen LogP contribution >= 0.6 is 11.3 Å². The van der Waals surface area contributed by atoms with Crippen molar-refractivity contribution in [2.24, 2.45) is 5.92 Å². The number of anilines is 1. The van der Waals surface area contributed by atoms with E-state index in [1.54, 1.807) is 0 Å². The van der Waals surface area contributed by atoms with Crippen molar-refractivity contribution < 1.29 is 9.53 Å². The number of rotatable bonds is 7. The Kier molecular flexibility index (Phi) is 7.46. The molecule has 1 saturated carbocycles. The van der Waals surface area contributed by atoms with Crippen molar-refractivity contribution in [1.29, 1.82) is 0 Å². The molecule has 1 aliphatic heterocycles. The third-order valence-electron chi connectivity index (χ3n) is 5.42. The zero-order valence-electron chi connectivity index (χ0n) is 16.2. The molecule has 1 saturated heterocycles. The average Bonchev–Trinajstić information content (AvgIpc) is 3.01. The monoisotopic (exact) mass is 379 g/mol. The SMILES string of the molecule is CC1CN(Cc2csc(NC(=O)CCCC3CCCCC3)n2)CC(C)O1. The molecule has 2 aliphatic rings. The third-order valence-corrected chi connectivity index (χ3v) is 6.23. The molecule has 1 aromatic rings. The van der Waals surface area contributed by atoms with E-state index >= 15 is 0 Å². The van der Waals surface area contributed by atoms with Gasteiger partial charge in [0, 0.05) is 31.4 Å². The Bertz CT molecular complexity index is 561. The molecule has 0 spiro atoms. The number of hydrogen-bond donors (Lipinski definition) is 1. The molecule has 5 nitrogen and oxygen atoms in total. The summed E-state index contributed by atoms with van der Waals surface area (Å²) in [6.45, 7) is 6.92. The van der Waals surface area contributed by atoms with Gasteiger partial charge in [-0.1, -0.05) is 32.1 Å². The van der Waals surface area contributed by atoms with Gasteiger partial charge in [-0.3, -0.25) is 9.69 Å². The van der Waals surface area contributed by atoms with Crippen LogP contribution in [0.15, 0.2) is 5.38 Å². The number of nitrogens with zero attached hydrogens (tertiary/aromatic N) is 2. The number of amides is 1. The van der Waals surface area contributed by atoms with Gasteiger partial charge in [-0.05, 0) is 32.6 Å². The van der Waals surface area contributed by atoms with Crippen LogP contribution in [0.25, 0.3) is 0 Å². The van der Waals surface area contributed by atoms with E-state index in [1.807, 2.05) is 0 Å². The van der Waals surface area contributed by atoms with Crippen LogP contribution in [0.3, 0.4) is 0 Å². The second-order valence-corrected chi connectivity index (χ2v) is 8.90. The highest BCUT2D eigenvalue weighted by Gasteiger charge is 2.22. The van der Waals surface area contributed by atoms with E-state index in [0.717, 1.165) is 42.8 Å². The first kappa shape index (κ1) is 19.8. The lowest BCUT2D eigenvalue weighted by Crippen LogP contribution is -2.44. The fraction of sp³-hybridized carbons (Fsp3) is 0.800. The number of carbonyl (C=O) groups is 1. The predicted octanol–water partition coefficient (Wildman–Crippen LogP) is 4.44. The smallest absolute Gasteiger partial charge is 0.226 e. The van der Waals surface area contributed by atoms with Gasteiger partial charge in [-0.25, -0.2) is 4.98 Å². The van der Waals surface area contributed by atoms with E-state index in [2.05, 4.69) is 34.4 Å². The van der Waals surface area contributed by atoms with Gasteiger partial charge < -0.3 is 10.1 Å². The first-order chi connectivity index (χ1) is 12.6. The largest absolute Gasteiger partial charge is 0.373 e. The Morgan fingerprint density at radius 3 is 2.73 bits per heavy atom. The summed E-state index contributed by atoms with van der Waals surface area (Å²) in [7, 11) is 0. The quantitative estimate of drug-likeness (QED) is 0.761. The van der Waals surface area contributed by atoms with Crippen LogP contribution in [0.2, 0.25) is 0 Å². The van der Waals surface area contributed by atoms with Crippen LogP contribution in [0.4, 0.5) is 5.13 Å². The number of ether oxygens (including phenoxy) is 1. The van der Waals surface area contributed by atoms with Gasteiger partial charge in [-0.2, -0.15) is 0 Å². The number of carbonyl (C=O) groups excluding carboxylic acids is 1. The van der Waals surface area contributed by atoms with Gasteiger partial charge in [0.1, 0.15) is 0 Å². The molecule has 3 rings (SSSR count). The lowest BCUT2D eigenvalue weighted by molar-refractivity contribution is -0.116. The molecule has 0 bridgehead atoms. The molecule has 2 fully saturated rings. The Morgan fingerprint density at radius 2 is 2.00 bits per heavy atom. The third kappa shape index (κ3) is 6.32. The fourth-order valence-corrected chi connectivity index (χ4v) is 5.01. The fourth-order valence-electron chi connectivity index (χ4n) is 4.29. The number of nitrogens with one attached hydrogen (secondary N) is 1. The number of thiazole rings is 1. The van der Waals surface area contributed by atoms with E-state index in [4.69, 9.17) is 4.74 Å². The van der Waals surface area contributed by atoms with E-state index in [1.165, 1.54) is 49.9 Å². The summed E-state index contributed by atoms with van der Waals surface area (Å²) in [5, 5.41) is 5.77. The van der Waals surface area contributed by atoms with Crippen LogP contribution in [0.5, 0.6) is 0 Å². The Labute approximate surface area is 161 Å². The normalized spacial score (nSPS) is 25.3. The van der Waals surface area contributed by atoms with Crippen molar-refractivity contribution in [3.05, 3.63) is 11.1 Å². The molecule has 1 aromatic heterocycles. The second-order valence-electron chi connectivity index (χ2n) is 8.04. The van der Waals surface area contributed by atoms with Gasteiger partial charge in [0.15, 0.2) is 5.13 Å². The molecule has 1 N–H and O–H groups in total. The Morgan fingerprint density at radius 1 is 1.27 bits per heavy atom. The summed E-state index contributed by atoms with van der Waals surface area (Å²) in [6, 6.07) is 0. The van der Waals surface area contributed by atoms with Crippen molar-refractivity contribution in [3.8, 4) is 0 Å². The van der Waals surface area contributed by atoms with E-state index in [0.29, 0.717) is 6.42 Å². The lowest BCUT2D eigenvalue weighted by atomic mass is 9.86. The first-order valence-corrected chi connectivity index (χ1v) is 11.1. The predicted molar refractivity (Wildman–Crippen MR) is 106 cm³/mol. The van der Waals surface area contributed by atoms with Crippen molar-refractivity contribution in [2.75, 3.05) is 18.4 Å². The highest BCUT2D eigenvalue weighted by Crippen LogP contribution is 2.28. The Balaban J connectivity index is 1.38. The van der Waals surface area contributed by atoms with Crippen molar-refractivity contribution >= 4 is 22.4 Å². The first-order valence-electron chi connectivity index (χ1n) is 10.2. The van der Waals surface area contributed by atoms with E-state index < -0.39 is 0 Å². The van der Waals surface area contributed by atoms with Gasteiger partial charge in [0.05, 0.1) is 17.9 Å². The average molecular weight is 380 g/mol. The molecule has 6 heteroatoms. The van der Waals surface area contributed by atoms with Gasteiger partial charge in [0.2, 0.25) is 5.91 Å². The molecule has 2 unspecified atom stereocenters. The van der Waals surface area contributed by atoms with Crippen LogP contribution in [0.1, 0.15) is 70.9 Å². The maximum Gasteiger partial charge on any atom is 0.226 e. The summed E-state index contributed by atoms with van der Waals surface area (Å²) in [5.41, 5.74) is 1.04. The minimum Gasteiger partial charge on any atom is -0.373 e. The zero-order chi connectivity index (χ0) is 18.4. The maximum absolute atomic E-state index is 12.2. The van der Waals surface area contributed by atoms with E-state index in [-0.39, 0.29) is 18.1 Å². The van der Waals surface area contributed by atoms with Gasteiger partial charge in [0.25, 0.3) is 0 Å². The van der Waals surface area contributed by atoms with Crippen LogP contribution in [-0.2, 0) is 16.1 Å². The topological polar surface area (TPSA) is 54.5 Å². The standard InChI is InChI=1S/C20H33N3O2S/c1-15-11-23(12-16(2)25-15)13-18-14-26-20(21-18)22-19(24)10-6-9-17-7-4-3-5-8-17/h14-17H,3-13H2,1-2H3,(H,21,22,24). The lowest BCUT2D eigenvalue weighted by Gasteiger charge is -2.34.